The van der Waals surface area contributed by atoms with E-state index in [0.717, 1.165) is 0 Å². The second-order valence-corrected chi connectivity index (χ2v) is 8.68. The predicted molar refractivity (Wildman–Crippen MR) is 129 cm³/mol. The maximum atomic E-state index is 13.2. The van der Waals surface area contributed by atoms with Crippen molar-refractivity contribution in [2.45, 2.75) is 19.1 Å². The number of ether oxygens (including phenoxy) is 1. The highest BCUT2D eigenvalue weighted by Gasteiger charge is 2.32. The van der Waals surface area contributed by atoms with E-state index in [9.17, 15) is 15.2 Å². The van der Waals surface area contributed by atoms with E-state index < -0.39 is 18.1 Å². The molecule has 1 aliphatic rings. The number of aliphatic hydroxyl groups is 1. The summed E-state index contributed by atoms with van der Waals surface area (Å²) >= 11 is 6.38. The van der Waals surface area contributed by atoms with Crippen LogP contribution in [0.3, 0.4) is 0 Å². The van der Waals surface area contributed by atoms with Gasteiger partial charge in [0.2, 0.25) is 5.88 Å². The molecule has 1 saturated heterocycles. The van der Waals surface area contributed by atoms with E-state index in [4.69, 9.17) is 16.3 Å². The Morgan fingerprint density at radius 3 is 2.89 bits per heavy atom. The van der Waals surface area contributed by atoms with Crippen molar-refractivity contribution in [3.63, 3.8) is 0 Å². The first-order chi connectivity index (χ1) is 17.4. The molecule has 1 atom stereocenters. The van der Waals surface area contributed by atoms with Crippen molar-refractivity contribution in [3.8, 4) is 23.3 Å². The summed E-state index contributed by atoms with van der Waals surface area (Å²) in [5, 5.41) is 29.5. The minimum atomic E-state index is -1.02. The third kappa shape index (κ3) is 4.80. The Bertz CT molecular complexity index is 1460. The average Bonchev–Trinajstić information content (AvgIpc) is 3.32. The van der Waals surface area contributed by atoms with E-state index in [1.165, 1.54) is 12.4 Å². The number of aromatic nitrogens is 6. The Kier molecular flexibility index (Phi) is 6.43. The number of H-pyrrole nitrogens is 1. The van der Waals surface area contributed by atoms with E-state index >= 15 is 0 Å². The van der Waals surface area contributed by atoms with Gasteiger partial charge in [-0.3, -0.25) is 19.8 Å². The van der Waals surface area contributed by atoms with Crippen molar-refractivity contribution in [3.05, 3.63) is 53.1 Å². The molecule has 3 N–H and O–H groups in total. The first-order valence-electron chi connectivity index (χ1n) is 11.0. The molecule has 0 radical (unpaired) electrons. The summed E-state index contributed by atoms with van der Waals surface area (Å²) in [4.78, 5) is 32.4. The molecule has 0 unspecified atom stereocenters. The van der Waals surface area contributed by atoms with Gasteiger partial charge in [-0.2, -0.15) is 15.3 Å². The summed E-state index contributed by atoms with van der Waals surface area (Å²) in [5.74, 6) is 0.0341. The lowest BCUT2D eigenvalue weighted by molar-refractivity contribution is -0.125. The van der Waals surface area contributed by atoms with E-state index in [2.05, 4.69) is 41.5 Å². The van der Waals surface area contributed by atoms with Gasteiger partial charge in [-0.25, -0.2) is 9.97 Å². The number of nitrogens with one attached hydrogen (secondary N) is 2. The summed E-state index contributed by atoms with van der Waals surface area (Å²) in [5.41, 5.74) is 1.68. The van der Waals surface area contributed by atoms with Gasteiger partial charge in [0.25, 0.3) is 5.91 Å². The van der Waals surface area contributed by atoms with Gasteiger partial charge in [0.1, 0.15) is 5.39 Å². The first-order valence-corrected chi connectivity index (χ1v) is 11.4. The normalized spacial score (nSPS) is 14.7. The molecule has 1 aliphatic heterocycles. The molecule has 3 aromatic heterocycles. The molecule has 12 nitrogen and oxygen atoms in total. The molecule has 1 fully saturated rings. The molecule has 13 heteroatoms. The van der Waals surface area contributed by atoms with Gasteiger partial charge in [0, 0.05) is 19.6 Å². The fourth-order valence-corrected chi connectivity index (χ4v) is 4.01. The van der Waals surface area contributed by atoms with Crippen LogP contribution in [0, 0.1) is 18.3 Å². The fourth-order valence-electron chi connectivity index (χ4n) is 3.75. The van der Waals surface area contributed by atoms with Crippen LogP contribution in [0.25, 0.3) is 22.4 Å². The van der Waals surface area contributed by atoms with Crippen LogP contribution < -0.4 is 10.1 Å². The second-order valence-electron chi connectivity index (χ2n) is 8.27. The number of hydrogen-bond acceptors (Lipinski definition) is 10. The Hall–Kier alpha value is -4.18. The minimum Gasteiger partial charge on any atom is -0.462 e. The Balaban J connectivity index is 1.50. The number of carbonyl (C=O) groups excluding carboxylic acids is 1. The molecular weight excluding hydrogens is 486 g/mol. The summed E-state index contributed by atoms with van der Waals surface area (Å²) in [7, 11) is 0. The molecule has 36 heavy (non-hydrogen) atoms. The van der Waals surface area contributed by atoms with Crippen molar-refractivity contribution in [2.24, 2.45) is 0 Å². The summed E-state index contributed by atoms with van der Waals surface area (Å²) < 4.78 is 6.14. The van der Waals surface area contributed by atoms with Crippen molar-refractivity contribution in [1.29, 1.82) is 5.26 Å². The predicted octanol–water partition coefficient (Wildman–Crippen LogP) is 1.71. The Morgan fingerprint density at radius 2 is 2.17 bits per heavy atom. The molecular formula is C23H20ClN9O3. The third-order valence-electron chi connectivity index (χ3n) is 5.57. The average molecular weight is 506 g/mol. The number of halogens is 1. The summed E-state index contributed by atoms with van der Waals surface area (Å²) in [6.45, 7) is 2.81. The van der Waals surface area contributed by atoms with Gasteiger partial charge in [-0.15, -0.1) is 0 Å². The van der Waals surface area contributed by atoms with Crippen LogP contribution >= 0.6 is 11.6 Å². The third-order valence-corrected chi connectivity index (χ3v) is 5.89. The number of aryl methyl sites for hydroxylation is 1. The lowest BCUT2D eigenvalue weighted by atomic mass is 10.1. The van der Waals surface area contributed by atoms with Crippen molar-refractivity contribution in [2.75, 3.05) is 25.0 Å². The number of likely N-dealkylation sites (tertiary alicyclic amines) is 1. The van der Waals surface area contributed by atoms with Gasteiger partial charge in [-0.1, -0.05) is 17.7 Å². The molecule has 0 saturated carbocycles. The highest BCUT2D eigenvalue weighted by Crippen LogP contribution is 2.32. The molecule has 0 aliphatic carbocycles. The number of aromatic amines is 1. The number of rotatable bonds is 7. The van der Waals surface area contributed by atoms with Crippen LogP contribution in [0.1, 0.15) is 11.3 Å². The van der Waals surface area contributed by atoms with E-state index in [1.54, 1.807) is 31.3 Å². The van der Waals surface area contributed by atoms with Crippen LogP contribution in [0.15, 0.2) is 36.8 Å². The lowest BCUT2D eigenvalue weighted by Gasteiger charge is -2.37. The molecule has 5 rings (SSSR count). The number of nitriles is 1. The van der Waals surface area contributed by atoms with Crippen LogP contribution in [0.5, 0.6) is 5.88 Å². The molecule has 0 spiro atoms. The fraction of sp³-hybridized carbons (Fsp3) is 0.261. The zero-order chi connectivity index (χ0) is 25.2. The molecule has 4 heterocycles. The van der Waals surface area contributed by atoms with E-state index in [0.29, 0.717) is 40.4 Å². The van der Waals surface area contributed by atoms with E-state index in [-0.39, 0.29) is 29.6 Å². The van der Waals surface area contributed by atoms with Crippen molar-refractivity contribution < 1.29 is 14.6 Å². The van der Waals surface area contributed by atoms with Crippen LogP contribution in [-0.4, -0.2) is 77.9 Å². The zero-order valence-electron chi connectivity index (χ0n) is 19.0. The molecule has 1 aromatic carbocycles. The summed E-state index contributed by atoms with van der Waals surface area (Å²) in [6, 6.07) is 6.99. The molecule has 182 valence electrons. The number of anilines is 1. The van der Waals surface area contributed by atoms with Crippen molar-refractivity contribution >= 4 is 34.4 Å². The number of aliphatic hydroxyl groups excluding tert-OH is 1. The zero-order valence-corrected chi connectivity index (χ0v) is 19.8. The number of amides is 1. The lowest BCUT2D eigenvalue weighted by Crippen LogP contribution is -2.55. The van der Waals surface area contributed by atoms with Gasteiger partial charge in [-0.05, 0) is 19.1 Å². The number of fused-ring (bicyclic) bond motifs is 1. The maximum absolute atomic E-state index is 13.2. The first kappa shape index (κ1) is 23.6. The largest absolute Gasteiger partial charge is 0.462 e. The summed E-state index contributed by atoms with van der Waals surface area (Å²) in [6.07, 6.45) is 3.00. The van der Waals surface area contributed by atoms with Gasteiger partial charge in [0.05, 0.1) is 52.6 Å². The molecule has 4 aromatic rings. The maximum Gasteiger partial charge on any atom is 0.268 e. The van der Waals surface area contributed by atoms with Gasteiger partial charge < -0.3 is 15.2 Å². The van der Waals surface area contributed by atoms with Gasteiger partial charge >= 0.3 is 0 Å². The van der Waals surface area contributed by atoms with Gasteiger partial charge in [0.15, 0.2) is 23.4 Å². The number of β-amino-alcohol motifs (C(OH)–C–C–N with tert-alkyl or cyclic N) is 1. The quantitative estimate of drug-likeness (QED) is 0.336. The SMILES string of the molecule is Cc1cnc(NC(=O)[C@H](CN2CC(O)C2)Oc2nc(-c3c(Cl)cccc3C#N)nc3[nH]ncc23)cn1. The smallest absolute Gasteiger partial charge is 0.268 e. The number of benzene rings is 1. The molecule has 0 bridgehead atoms. The molecule has 1 amide bonds. The van der Waals surface area contributed by atoms with E-state index in [1.807, 2.05) is 4.90 Å². The van der Waals surface area contributed by atoms with Crippen LogP contribution in [0.2, 0.25) is 5.02 Å². The Morgan fingerprint density at radius 1 is 1.33 bits per heavy atom. The highest BCUT2D eigenvalue weighted by molar-refractivity contribution is 6.33. The standard InChI is InChI=1S/C23H20ClN9O3/c1-12-6-27-18(8-26-12)29-22(35)17(11-33-9-14(34)10-33)36-23-15-7-28-32-20(15)30-21(31-23)19-13(5-25)3-2-4-16(19)24/h2-4,6-8,14,17,34H,9-11H2,1H3,(H,27,29,35)(H,28,30,31,32)/t17-/m0/s1. The second kappa shape index (κ2) is 9.82. The minimum absolute atomic E-state index is 0.0868. The van der Waals surface area contributed by atoms with Crippen LogP contribution in [-0.2, 0) is 4.79 Å². The van der Waals surface area contributed by atoms with Crippen LogP contribution in [0.4, 0.5) is 5.82 Å². The highest BCUT2D eigenvalue weighted by atomic mass is 35.5. The number of carbonyl (C=O) groups is 1. The van der Waals surface area contributed by atoms with Crippen molar-refractivity contribution in [1.82, 2.24) is 35.0 Å². The number of hydrogen-bond donors (Lipinski definition) is 3. The monoisotopic (exact) mass is 505 g/mol. The Labute approximate surface area is 209 Å². The number of nitrogens with zero attached hydrogens (tertiary/aromatic N) is 7. The topological polar surface area (TPSA) is 166 Å².